The number of esters is 1. The standard InChI is InChI=1S/C15H25N3O2S/c1-4-8-18-9-6-12(7-10-18)16-15-17-13(11(3)21-15)14(19)20-5-2/h12H,4-10H2,1-3H3,(H,16,17). The molecular formula is C15H25N3O2S. The Hall–Kier alpha value is -1.14. The van der Waals surface area contributed by atoms with Crippen LogP contribution in [0, 0.1) is 6.92 Å². The Morgan fingerprint density at radius 1 is 1.43 bits per heavy atom. The molecule has 0 spiro atoms. The lowest BCUT2D eigenvalue weighted by Gasteiger charge is -2.31. The second kappa shape index (κ2) is 7.75. The van der Waals surface area contributed by atoms with Crippen molar-refractivity contribution in [2.45, 2.75) is 46.1 Å². The molecule has 0 saturated carbocycles. The first-order chi connectivity index (χ1) is 10.1. The van der Waals surface area contributed by atoms with Gasteiger partial charge in [-0.1, -0.05) is 6.92 Å². The summed E-state index contributed by atoms with van der Waals surface area (Å²) in [5.41, 5.74) is 0.452. The second-order valence-electron chi connectivity index (χ2n) is 5.40. The zero-order valence-electron chi connectivity index (χ0n) is 13.1. The number of hydrogen-bond acceptors (Lipinski definition) is 6. The number of nitrogens with zero attached hydrogens (tertiary/aromatic N) is 2. The maximum atomic E-state index is 11.8. The van der Waals surface area contributed by atoms with Crippen molar-refractivity contribution in [3.8, 4) is 0 Å². The molecule has 6 heteroatoms. The van der Waals surface area contributed by atoms with E-state index in [9.17, 15) is 4.79 Å². The normalized spacial score (nSPS) is 16.9. The molecule has 0 radical (unpaired) electrons. The van der Waals surface area contributed by atoms with E-state index in [1.165, 1.54) is 24.3 Å². The molecule has 0 bridgehead atoms. The van der Waals surface area contributed by atoms with E-state index in [4.69, 9.17) is 4.74 Å². The molecule has 2 heterocycles. The van der Waals surface area contributed by atoms with E-state index in [-0.39, 0.29) is 5.97 Å². The summed E-state index contributed by atoms with van der Waals surface area (Å²) in [5.74, 6) is -0.322. The van der Waals surface area contributed by atoms with Crippen molar-refractivity contribution in [1.29, 1.82) is 0 Å². The number of carbonyl (C=O) groups is 1. The van der Waals surface area contributed by atoms with Crippen molar-refractivity contribution in [2.75, 3.05) is 31.6 Å². The van der Waals surface area contributed by atoms with Gasteiger partial charge in [0.1, 0.15) is 0 Å². The van der Waals surface area contributed by atoms with Crippen molar-refractivity contribution in [2.24, 2.45) is 0 Å². The number of anilines is 1. The van der Waals surface area contributed by atoms with Gasteiger partial charge in [-0.2, -0.15) is 0 Å². The minimum absolute atomic E-state index is 0.322. The Morgan fingerprint density at radius 3 is 2.76 bits per heavy atom. The summed E-state index contributed by atoms with van der Waals surface area (Å²) < 4.78 is 5.02. The number of thiazole rings is 1. The summed E-state index contributed by atoms with van der Waals surface area (Å²) in [6.45, 7) is 9.80. The summed E-state index contributed by atoms with van der Waals surface area (Å²) >= 11 is 1.54. The molecule has 0 atom stereocenters. The molecular weight excluding hydrogens is 286 g/mol. The van der Waals surface area contributed by atoms with E-state index < -0.39 is 0 Å². The first-order valence-corrected chi connectivity index (χ1v) is 8.59. The SMILES string of the molecule is CCCN1CCC(Nc2nc(C(=O)OCC)c(C)s2)CC1. The van der Waals surface area contributed by atoms with Gasteiger partial charge >= 0.3 is 5.97 Å². The number of hydrogen-bond donors (Lipinski definition) is 1. The van der Waals surface area contributed by atoms with Crippen molar-refractivity contribution >= 4 is 22.4 Å². The smallest absolute Gasteiger partial charge is 0.358 e. The molecule has 1 saturated heterocycles. The number of aromatic nitrogens is 1. The highest BCUT2D eigenvalue weighted by atomic mass is 32.1. The minimum Gasteiger partial charge on any atom is -0.461 e. The fraction of sp³-hybridized carbons (Fsp3) is 0.733. The van der Waals surface area contributed by atoms with Gasteiger partial charge < -0.3 is 15.0 Å². The van der Waals surface area contributed by atoms with Gasteiger partial charge in [0.05, 0.1) is 6.61 Å². The molecule has 0 aliphatic carbocycles. The minimum atomic E-state index is -0.322. The maximum absolute atomic E-state index is 11.8. The average molecular weight is 311 g/mol. The fourth-order valence-electron chi connectivity index (χ4n) is 2.64. The molecule has 5 nitrogen and oxygen atoms in total. The monoisotopic (exact) mass is 311 g/mol. The van der Waals surface area contributed by atoms with E-state index in [1.54, 1.807) is 0 Å². The van der Waals surface area contributed by atoms with Crippen LogP contribution in [0.5, 0.6) is 0 Å². The Balaban J connectivity index is 1.89. The third-order valence-corrected chi connectivity index (χ3v) is 4.62. The molecule has 1 aromatic rings. The predicted octanol–water partition coefficient (Wildman–Crippen LogP) is 2.91. The second-order valence-corrected chi connectivity index (χ2v) is 6.61. The molecule has 1 aliphatic rings. The average Bonchev–Trinajstić information content (AvgIpc) is 2.82. The van der Waals surface area contributed by atoms with Crippen LogP contribution in [0.3, 0.4) is 0 Å². The zero-order valence-corrected chi connectivity index (χ0v) is 14.0. The zero-order chi connectivity index (χ0) is 15.2. The molecule has 118 valence electrons. The molecule has 1 aliphatic heterocycles. The van der Waals surface area contributed by atoms with Gasteiger partial charge in [0, 0.05) is 24.0 Å². The van der Waals surface area contributed by atoms with Gasteiger partial charge in [0.25, 0.3) is 0 Å². The van der Waals surface area contributed by atoms with Crippen molar-refractivity contribution < 1.29 is 9.53 Å². The van der Waals surface area contributed by atoms with Crippen molar-refractivity contribution in [1.82, 2.24) is 9.88 Å². The first-order valence-electron chi connectivity index (χ1n) is 7.77. The molecule has 0 amide bonds. The number of rotatable bonds is 6. The lowest BCUT2D eigenvalue weighted by atomic mass is 10.1. The van der Waals surface area contributed by atoms with Crippen LogP contribution in [0.4, 0.5) is 5.13 Å². The quantitative estimate of drug-likeness (QED) is 0.819. The maximum Gasteiger partial charge on any atom is 0.358 e. The van der Waals surface area contributed by atoms with E-state index in [1.807, 2.05) is 13.8 Å². The Bertz CT molecular complexity index is 467. The molecule has 1 N–H and O–H groups in total. The van der Waals surface area contributed by atoms with Gasteiger partial charge in [-0.15, -0.1) is 11.3 Å². The van der Waals surface area contributed by atoms with Crippen LogP contribution in [0.25, 0.3) is 0 Å². The number of aryl methyl sites for hydroxylation is 1. The summed E-state index contributed by atoms with van der Waals surface area (Å²) in [7, 11) is 0. The Labute approximate surface area is 130 Å². The van der Waals surface area contributed by atoms with Gasteiger partial charge in [-0.3, -0.25) is 0 Å². The van der Waals surface area contributed by atoms with Crippen LogP contribution < -0.4 is 5.32 Å². The summed E-state index contributed by atoms with van der Waals surface area (Å²) in [4.78, 5) is 19.6. The van der Waals surface area contributed by atoms with Crippen LogP contribution in [0.15, 0.2) is 0 Å². The van der Waals surface area contributed by atoms with Crippen LogP contribution in [-0.2, 0) is 4.74 Å². The largest absolute Gasteiger partial charge is 0.461 e. The van der Waals surface area contributed by atoms with Gasteiger partial charge in [0.2, 0.25) is 0 Å². The number of likely N-dealkylation sites (tertiary alicyclic amines) is 1. The fourth-order valence-corrected chi connectivity index (χ4v) is 3.52. The molecule has 0 unspecified atom stereocenters. The van der Waals surface area contributed by atoms with Crippen molar-refractivity contribution in [3.05, 3.63) is 10.6 Å². The predicted molar refractivity (Wildman–Crippen MR) is 86.2 cm³/mol. The molecule has 21 heavy (non-hydrogen) atoms. The van der Waals surface area contributed by atoms with Crippen LogP contribution >= 0.6 is 11.3 Å². The van der Waals surface area contributed by atoms with Crippen LogP contribution in [0.2, 0.25) is 0 Å². The van der Waals surface area contributed by atoms with Gasteiger partial charge in [-0.25, -0.2) is 9.78 Å². The lowest BCUT2D eigenvalue weighted by molar-refractivity contribution is 0.0519. The van der Waals surface area contributed by atoms with Gasteiger partial charge in [0.15, 0.2) is 10.8 Å². The van der Waals surface area contributed by atoms with E-state index in [0.29, 0.717) is 18.3 Å². The van der Waals surface area contributed by atoms with E-state index in [0.717, 1.165) is 35.9 Å². The topological polar surface area (TPSA) is 54.5 Å². The highest BCUT2D eigenvalue weighted by Crippen LogP contribution is 2.25. The summed E-state index contributed by atoms with van der Waals surface area (Å²) in [5, 5.41) is 4.31. The molecule has 1 fully saturated rings. The third-order valence-electron chi connectivity index (χ3n) is 3.72. The van der Waals surface area contributed by atoms with Crippen LogP contribution in [0.1, 0.15) is 48.5 Å². The first kappa shape index (κ1) is 16.2. The van der Waals surface area contributed by atoms with E-state index >= 15 is 0 Å². The highest BCUT2D eigenvalue weighted by molar-refractivity contribution is 7.15. The summed E-state index contributed by atoms with van der Waals surface area (Å²) in [6.07, 6.45) is 3.48. The number of piperidine rings is 1. The highest BCUT2D eigenvalue weighted by Gasteiger charge is 2.21. The molecule has 1 aromatic heterocycles. The Kier molecular flexibility index (Phi) is 5.99. The molecule has 0 aromatic carbocycles. The lowest BCUT2D eigenvalue weighted by Crippen LogP contribution is -2.39. The van der Waals surface area contributed by atoms with Crippen molar-refractivity contribution in [3.63, 3.8) is 0 Å². The number of nitrogens with one attached hydrogen (secondary N) is 1. The molecule has 2 rings (SSSR count). The number of ether oxygens (including phenoxy) is 1. The summed E-state index contributed by atoms with van der Waals surface area (Å²) in [6, 6.07) is 0.457. The van der Waals surface area contributed by atoms with E-state index in [2.05, 4.69) is 22.1 Å². The number of carbonyl (C=O) groups excluding carboxylic acids is 1. The Morgan fingerprint density at radius 2 is 2.14 bits per heavy atom. The third kappa shape index (κ3) is 4.41. The van der Waals surface area contributed by atoms with Crippen LogP contribution in [-0.4, -0.2) is 48.1 Å². The van der Waals surface area contributed by atoms with Gasteiger partial charge in [-0.05, 0) is 39.7 Å².